The van der Waals surface area contributed by atoms with Crippen LogP contribution in [0.1, 0.15) is 31.4 Å². The van der Waals surface area contributed by atoms with Gasteiger partial charge in [-0.15, -0.1) is 0 Å². The van der Waals surface area contributed by atoms with Gasteiger partial charge in [0.05, 0.1) is 6.61 Å². The van der Waals surface area contributed by atoms with Crippen molar-refractivity contribution in [3.05, 3.63) is 29.8 Å². The molecule has 17 heavy (non-hydrogen) atoms. The molecule has 3 heteroatoms. The van der Waals surface area contributed by atoms with E-state index >= 15 is 0 Å². The van der Waals surface area contributed by atoms with Crippen molar-refractivity contribution >= 4 is 11.8 Å². The van der Waals surface area contributed by atoms with Crippen LogP contribution < -0.4 is 10.1 Å². The van der Waals surface area contributed by atoms with E-state index < -0.39 is 0 Å². The molecule has 0 spiro atoms. The third-order valence-corrected chi connectivity index (χ3v) is 4.95. The summed E-state index contributed by atoms with van der Waals surface area (Å²) < 4.78 is 5.69. The maximum atomic E-state index is 5.69. The number of hydrogen-bond donors (Lipinski definition) is 1. The number of ether oxygens (including phenoxy) is 1. The standard InChI is InChI=1S/C14H19NOS/c1-10-8-11(9-17-10)15-13-6-7-16-14-5-3-2-4-12(13)14/h2-5,10-11,13,15H,6-9H2,1H3. The quantitative estimate of drug-likeness (QED) is 0.870. The molecular formula is C14H19NOS. The second-order valence-electron chi connectivity index (χ2n) is 4.97. The van der Waals surface area contributed by atoms with Gasteiger partial charge >= 0.3 is 0 Å². The number of hydrogen-bond acceptors (Lipinski definition) is 3. The first-order chi connectivity index (χ1) is 8.33. The molecule has 92 valence electrons. The summed E-state index contributed by atoms with van der Waals surface area (Å²) in [7, 11) is 0. The second kappa shape index (κ2) is 4.91. The van der Waals surface area contributed by atoms with Crippen LogP contribution >= 0.6 is 11.8 Å². The van der Waals surface area contributed by atoms with Crippen LogP contribution in [0.4, 0.5) is 0 Å². The molecule has 2 nitrogen and oxygen atoms in total. The van der Waals surface area contributed by atoms with Gasteiger partial charge in [-0.1, -0.05) is 25.1 Å². The monoisotopic (exact) mass is 249 g/mol. The third-order valence-electron chi connectivity index (χ3n) is 3.59. The largest absolute Gasteiger partial charge is 0.493 e. The first-order valence-electron chi connectivity index (χ1n) is 6.42. The molecule has 1 aromatic carbocycles. The molecule has 3 atom stereocenters. The number of fused-ring (bicyclic) bond motifs is 1. The SMILES string of the molecule is CC1CC(NC2CCOc3ccccc32)CS1. The van der Waals surface area contributed by atoms with Gasteiger partial charge in [-0.2, -0.15) is 11.8 Å². The Labute approximate surface area is 107 Å². The first-order valence-corrected chi connectivity index (χ1v) is 7.47. The maximum absolute atomic E-state index is 5.69. The highest BCUT2D eigenvalue weighted by Gasteiger charge is 2.27. The van der Waals surface area contributed by atoms with Crippen LogP contribution in [-0.2, 0) is 0 Å². The summed E-state index contributed by atoms with van der Waals surface area (Å²) >= 11 is 2.08. The highest BCUT2D eigenvalue weighted by molar-refractivity contribution is 8.00. The molecule has 3 rings (SSSR count). The van der Waals surface area contributed by atoms with Gasteiger partial charge in [-0.05, 0) is 12.5 Å². The van der Waals surface area contributed by atoms with Gasteiger partial charge in [0.25, 0.3) is 0 Å². The molecule has 0 aromatic heterocycles. The Morgan fingerprint density at radius 2 is 2.24 bits per heavy atom. The van der Waals surface area contributed by atoms with Crippen LogP contribution in [0.5, 0.6) is 5.75 Å². The molecule has 0 aliphatic carbocycles. The van der Waals surface area contributed by atoms with Gasteiger partial charge in [0.15, 0.2) is 0 Å². The van der Waals surface area contributed by atoms with Crippen molar-refractivity contribution in [3.63, 3.8) is 0 Å². The highest BCUT2D eigenvalue weighted by Crippen LogP contribution is 2.34. The molecular weight excluding hydrogens is 230 g/mol. The van der Waals surface area contributed by atoms with Crippen LogP contribution in [0.25, 0.3) is 0 Å². The Hall–Kier alpha value is -0.670. The molecule has 1 N–H and O–H groups in total. The van der Waals surface area contributed by atoms with Gasteiger partial charge < -0.3 is 10.1 Å². The van der Waals surface area contributed by atoms with E-state index in [-0.39, 0.29) is 0 Å². The average Bonchev–Trinajstić information content (AvgIpc) is 2.75. The lowest BCUT2D eigenvalue weighted by Gasteiger charge is -2.29. The fraction of sp³-hybridized carbons (Fsp3) is 0.571. The van der Waals surface area contributed by atoms with Crippen LogP contribution in [0.15, 0.2) is 24.3 Å². The van der Waals surface area contributed by atoms with Gasteiger partial charge in [-0.3, -0.25) is 0 Å². The van der Waals surface area contributed by atoms with E-state index in [9.17, 15) is 0 Å². The predicted molar refractivity (Wildman–Crippen MR) is 72.8 cm³/mol. The van der Waals surface area contributed by atoms with Gasteiger partial charge in [0.1, 0.15) is 5.75 Å². The van der Waals surface area contributed by atoms with Gasteiger partial charge in [-0.25, -0.2) is 0 Å². The molecule has 0 radical (unpaired) electrons. The smallest absolute Gasteiger partial charge is 0.124 e. The number of thioether (sulfide) groups is 1. The lowest BCUT2D eigenvalue weighted by atomic mass is 9.99. The second-order valence-corrected chi connectivity index (χ2v) is 6.44. The minimum atomic E-state index is 0.482. The summed E-state index contributed by atoms with van der Waals surface area (Å²) in [6.45, 7) is 3.16. The molecule has 2 aliphatic rings. The molecule has 0 saturated carbocycles. The summed E-state index contributed by atoms with van der Waals surface area (Å²) in [4.78, 5) is 0. The fourth-order valence-corrected chi connectivity index (χ4v) is 3.89. The third kappa shape index (κ3) is 2.45. The zero-order valence-electron chi connectivity index (χ0n) is 10.2. The minimum absolute atomic E-state index is 0.482. The molecule has 2 heterocycles. The zero-order valence-corrected chi connectivity index (χ0v) is 11.0. The van der Waals surface area contributed by atoms with Gasteiger partial charge in [0.2, 0.25) is 0 Å². The normalized spacial score (nSPS) is 31.9. The molecule has 1 aromatic rings. The summed E-state index contributed by atoms with van der Waals surface area (Å²) in [6.07, 6.45) is 2.39. The topological polar surface area (TPSA) is 21.3 Å². The summed E-state index contributed by atoms with van der Waals surface area (Å²) in [5.41, 5.74) is 1.34. The van der Waals surface area contributed by atoms with Crippen molar-refractivity contribution in [2.45, 2.75) is 37.1 Å². The molecule has 0 amide bonds. The Morgan fingerprint density at radius 3 is 3.06 bits per heavy atom. The zero-order chi connectivity index (χ0) is 11.7. The number of rotatable bonds is 2. The summed E-state index contributed by atoms with van der Waals surface area (Å²) in [5.74, 6) is 2.32. The number of benzene rings is 1. The number of para-hydroxylation sites is 1. The Balaban J connectivity index is 1.72. The van der Waals surface area contributed by atoms with Crippen molar-refractivity contribution < 1.29 is 4.74 Å². The molecule has 2 aliphatic heterocycles. The van der Waals surface area contributed by atoms with Crippen LogP contribution in [-0.4, -0.2) is 23.7 Å². The maximum Gasteiger partial charge on any atom is 0.124 e. The van der Waals surface area contributed by atoms with E-state index in [1.165, 1.54) is 17.7 Å². The van der Waals surface area contributed by atoms with Crippen molar-refractivity contribution in [2.24, 2.45) is 0 Å². The lowest BCUT2D eigenvalue weighted by molar-refractivity contribution is 0.245. The Kier molecular flexibility index (Phi) is 3.30. The van der Waals surface area contributed by atoms with Crippen LogP contribution in [0.3, 0.4) is 0 Å². The van der Waals surface area contributed by atoms with E-state index in [2.05, 4.69) is 48.3 Å². The van der Waals surface area contributed by atoms with Gasteiger partial charge in [0, 0.05) is 35.1 Å². The summed E-state index contributed by atoms with van der Waals surface area (Å²) in [5, 5.41) is 4.61. The summed E-state index contributed by atoms with van der Waals surface area (Å²) in [6, 6.07) is 9.58. The average molecular weight is 249 g/mol. The highest BCUT2D eigenvalue weighted by atomic mass is 32.2. The predicted octanol–water partition coefficient (Wildman–Crippen LogP) is 2.99. The van der Waals surface area contributed by atoms with Crippen molar-refractivity contribution in [1.29, 1.82) is 0 Å². The van der Waals surface area contributed by atoms with Crippen LogP contribution in [0.2, 0.25) is 0 Å². The molecule has 1 saturated heterocycles. The Bertz CT molecular complexity index is 396. The fourth-order valence-electron chi connectivity index (χ4n) is 2.73. The minimum Gasteiger partial charge on any atom is -0.493 e. The lowest BCUT2D eigenvalue weighted by Crippen LogP contribution is -2.35. The van der Waals surface area contributed by atoms with E-state index in [1.54, 1.807) is 0 Å². The van der Waals surface area contributed by atoms with Crippen molar-refractivity contribution in [1.82, 2.24) is 5.32 Å². The van der Waals surface area contributed by atoms with E-state index in [0.717, 1.165) is 24.0 Å². The first kappa shape index (κ1) is 11.4. The van der Waals surface area contributed by atoms with E-state index in [1.807, 2.05) is 0 Å². The van der Waals surface area contributed by atoms with Crippen molar-refractivity contribution in [2.75, 3.05) is 12.4 Å². The Morgan fingerprint density at radius 1 is 1.35 bits per heavy atom. The van der Waals surface area contributed by atoms with Crippen molar-refractivity contribution in [3.8, 4) is 5.75 Å². The molecule has 0 bridgehead atoms. The number of nitrogens with one attached hydrogen (secondary N) is 1. The van der Waals surface area contributed by atoms with E-state index in [0.29, 0.717) is 12.1 Å². The molecule has 3 unspecified atom stereocenters. The van der Waals surface area contributed by atoms with Crippen LogP contribution in [0, 0.1) is 0 Å². The molecule has 1 fully saturated rings. The van der Waals surface area contributed by atoms with E-state index in [4.69, 9.17) is 4.74 Å².